The van der Waals surface area contributed by atoms with Crippen LogP contribution in [-0.4, -0.2) is 9.36 Å². The molecule has 17 heavy (non-hydrogen) atoms. The van der Waals surface area contributed by atoms with Gasteiger partial charge in [-0.3, -0.25) is 0 Å². The van der Waals surface area contributed by atoms with Crippen LogP contribution in [0.1, 0.15) is 34.4 Å². The Morgan fingerprint density at radius 2 is 2.12 bits per heavy atom. The molecule has 0 saturated heterocycles. The Morgan fingerprint density at radius 1 is 1.24 bits per heavy atom. The van der Waals surface area contributed by atoms with Gasteiger partial charge in [-0.2, -0.15) is 4.37 Å². The maximum atomic E-state index is 4.49. The van der Waals surface area contributed by atoms with E-state index < -0.39 is 0 Å². The molecule has 0 N–H and O–H groups in total. The number of hydrogen-bond acceptors (Lipinski definition) is 3. The Hall–Kier alpha value is -0.740. The summed E-state index contributed by atoms with van der Waals surface area (Å²) in [7, 11) is 0. The van der Waals surface area contributed by atoms with Crippen LogP contribution in [0.15, 0.2) is 29.0 Å². The molecule has 1 saturated carbocycles. The summed E-state index contributed by atoms with van der Waals surface area (Å²) in [6, 6.07) is 8.88. The summed E-state index contributed by atoms with van der Waals surface area (Å²) in [5.74, 6) is 2.15. The lowest BCUT2D eigenvalue weighted by Gasteiger charge is -2.13. The minimum absolute atomic E-state index is 0.627. The van der Waals surface area contributed by atoms with E-state index in [0.717, 1.165) is 10.7 Å². The van der Waals surface area contributed by atoms with Gasteiger partial charge >= 0.3 is 0 Å². The molecule has 0 amide bonds. The van der Waals surface area contributed by atoms with Crippen LogP contribution in [0.25, 0.3) is 0 Å². The van der Waals surface area contributed by atoms with Crippen LogP contribution in [0.4, 0.5) is 0 Å². The maximum absolute atomic E-state index is 4.49. The van der Waals surface area contributed by atoms with Crippen molar-refractivity contribution in [1.29, 1.82) is 0 Å². The second kappa shape index (κ2) is 3.62. The number of halogens is 1. The number of aryl methyl sites for hydroxylation is 1. The molecule has 2 nitrogen and oxygen atoms in total. The fourth-order valence-electron chi connectivity index (χ4n) is 3.25. The van der Waals surface area contributed by atoms with Crippen LogP contribution in [0.5, 0.6) is 0 Å². The summed E-state index contributed by atoms with van der Waals surface area (Å²) in [5.41, 5.74) is 3.10. The molecule has 4 heteroatoms. The van der Waals surface area contributed by atoms with Crippen LogP contribution in [-0.2, 0) is 6.42 Å². The zero-order chi connectivity index (χ0) is 11.4. The Balaban J connectivity index is 1.73. The van der Waals surface area contributed by atoms with Crippen LogP contribution in [0.2, 0.25) is 0 Å². The predicted molar refractivity (Wildman–Crippen MR) is 71.3 cm³/mol. The monoisotopic (exact) mass is 306 g/mol. The second-order valence-electron chi connectivity index (χ2n) is 4.85. The molecule has 1 fully saturated rings. The number of rotatable bonds is 1. The first-order valence-corrected chi connectivity index (χ1v) is 7.48. The topological polar surface area (TPSA) is 25.8 Å². The zero-order valence-corrected chi connectivity index (χ0v) is 11.5. The number of aromatic nitrogens is 2. The molecular formula is C13H11BrN2S. The average Bonchev–Trinajstić information content (AvgIpc) is 2.96. The van der Waals surface area contributed by atoms with E-state index in [1.165, 1.54) is 17.8 Å². The molecule has 1 aromatic carbocycles. The highest BCUT2D eigenvalue weighted by molar-refractivity contribution is 9.10. The van der Waals surface area contributed by atoms with Gasteiger partial charge in [0.05, 0.1) is 0 Å². The van der Waals surface area contributed by atoms with Crippen LogP contribution in [0.3, 0.4) is 0 Å². The van der Waals surface area contributed by atoms with Crippen LogP contribution >= 0.6 is 27.5 Å². The van der Waals surface area contributed by atoms with E-state index in [1.54, 1.807) is 22.7 Å². The largest absolute Gasteiger partial charge is 0.214 e. The summed E-state index contributed by atoms with van der Waals surface area (Å²) >= 11 is 4.90. The van der Waals surface area contributed by atoms with Crippen molar-refractivity contribution in [3.05, 3.63) is 45.1 Å². The molecule has 1 heterocycles. The highest BCUT2D eigenvalue weighted by atomic mass is 79.9. The molecule has 0 bridgehead atoms. The Morgan fingerprint density at radius 3 is 2.94 bits per heavy atom. The molecule has 4 rings (SSSR count). The first-order chi connectivity index (χ1) is 8.34. The maximum Gasteiger partial charge on any atom is 0.209 e. The molecule has 0 radical (unpaired) electrons. The molecule has 3 unspecified atom stereocenters. The van der Waals surface area contributed by atoms with Gasteiger partial charge in [-0.1, -0.05) is 24.3 Å². The van der Waals surface area contributed by atoms with Gasteiger partial charge in [0.25, 0.3) is 0 Å². The van der Waals surface area contributed by atoms with E-state index in [0.29, 0.717) is 11.8 Å². The molecule has 1 aromatic heterocycles. The smallest absolute Gasteiger partial charge is 0.209 e. The normalized spacial score (nSPS) is 29.6. The van der Waals surface area contributed by atoms with Gasteiger partial charge in [0.15, 0.2) is 0 Å². The lowest BCUT2D eigenvalue weighted by atomic mass is 9.92. The highest BCUT2D eigenvalue weighted by Gasteiger charge is 2.55. The van der Waals surface area contributed by atoms with Gasteiger partial charge in [-0.05, 0) is 63.3 Å². The molecule has 86 valence electrons. The van der Waals surface area contributed by atoms with E-state index in [4.69, 9.17) is 0 Å². The van der Waals surface area contributed by atoms with Crippen molar-refractivity contribution in [2.75, 3.05) is 0 Å². The first-order valence-electron chi connectivity index (χ1n) is 5.91. The van der Waals surface area contributed by atoms with Gasteiger partial charge in [0.1, 0.15) is 5.01 Å². The van der Waals surface area contributed by atoms with E-state index in [9.17, 15) is 0 Å². The van der Waals surface area contributed by atoms with Crippen molar-refractivity contribution in [2.24, 2.45) is 5.92 Å². The molecule has 2 aromatic rings. The number of nitrogens with zero attached hydrogens (tertiary/aromatic N) is 2. The molecule has 0 spiro atoms. The summed E-state index contributed by atoms with van der Waals surface area (Å²) in [6.07, 6.45) is 2.54. The fraction of sp³-hybridized carbons (Fsp3) is 0.385. The van der Waals surface area contributed by atoms with Crippen molar-refractivity contribution in [3.63, 3.8) is 0 Å². The summed E-state index contributed by atoms with van der Waals surface area (Å²) in [6.45, 7) is 0. The van der Waals surface area contributed by atoms with Gasteiger partial charge in [-0.15, -0.1) is 0 Å². The van der Waals surface area contributed by atoms with E-state index in [-0.39, 0.29) is 0 Å². The second-order valence-corrected chi connectivity index (χ2v) is 6.35. The van der Waals surface area contributed by atoms with Crippen LogP contribution < -0.4 is 0 Å². The SMILES string of the molecule is Brc1nsc(C2C3CCc4ccccc4C32)n1. The van der Waals surface area contributed by atoms with Gasteiger partial charge in [0, 0.05) is 5.92 Å². The zero-order valence-electron chi connectivity index (χ0n) is 9.14. The van der Waals surface area contributed by atoms with Gasteiger partial charge in [0.2, 0.25) is 4.73 Å². The molecular weight excluding hydrogens is 296 g/mol. The van der Waals surface area contributed by atoms with Crippen molar-refractivity contribution in [2.45, 2.75) is 24.7 Å². The standard InChI is InChI=1S/C13H11BrN2S/c14-13-15-12(17-16-13)11-9-6-5-7-3-1-2-4-8(7)10(9)11/h1-4,9-11H,5-6H2. The number of benzene rings is 1. The Kier molecular flexibility index (Phi) is 2.18. The number of fused-ring (bicyclic) bond motifs is 3. The van der Waals surface area contributed by atoms with Crippen molar-refractivity contribution in [1.82, 2.24) is 9.36 Å². The quantitative estimate of drug-likeness (QED) is 0.802. The summed E-state index contributed by atoms with van der Waals surface area (Å²) in [5, 5.41) is 1.21. The minimum atomic E-state index is 0.627. The third-order valence-electron chi connectivity index (χ3n) is 4.03. The van der Waals surface area contributed by atoms with Gasteiger partial charge < -0.3 is 0 Å². The van der Waals surface area contributed by atoms with E-state index in [1.807, 2.05) is 0 Å². The van der Waals surface area contributed by atoms with E-state index >= 15 is 0 Å². The summed E-state index contributed by atoms with van der Waals surface area (Å²) in [4.78, 5) is 4.49. The molecule has 2 aliphatic rings. The van der Waals surface area contributed by atoms with Crippen LogP contribution in [0, 0.1) is 5.92 Å². The highest BCUT2D eigenvalue weighted by Crippen LogP contribution is 2.65. The van der Waals surface area contributed by atoms with Crippen molar-refractivity contribution >= 4 is 27.5 Å². The van der Waals surface area contributed by atoms with E-state index in [2.05, 4.69) is 49.6 Å². The lowest BCUT2D eigenvalue weighted by Crippen LogP contribution is -2.00. The minimum Gasteiger partial charge on any atom is -0.214 e. The van der Waals surface area contributed by atoms with Crippen molar-refractivity contribution in [3.8, 4) is 0 Å². The molecule has 3 atom stereocenters. The number of hydrogen-bond donors (Lipinski definition) is 0. The average molecular weight is 307 g/mol. The van der Waals surface area contributed by atoms with Gasteiger partial charge in [-0.25, -0.2) is 4.98 Å². The lowest BCUT2D eigenvalue weighted by molar-refractivity contribution is 0.658. The third kappa shape index (κ3) is 1.50. The first kappa shape index (κ1) is 10.2. The Labute approximate surface area is 112 Å². The third-order valence-corrected chi connectivity index (χ3v) is 5.44. The Bertz CT molecular complexity index is 580. The molecule has 2 aliphatic carbocycles. The predicted octanol–water partition coefficient (Wildman–Crippen LogP) is 3.74. The summed E-state index contributed by atoms with van der Waals surface area (Å²) < 4.78 is 4.98. The van der Waals surface area contributed by atoms with Crippen molar-refractivity contribution < 1.29 is 0 Å². The fourth-order valence-corrected chi connectivity index (χ4v) is 4.56. The molecule has 0 aliphatic heterocycles.